The molecule has 0 spiro atoms. The van der Waals surface area contributed by atoms with E-state index in [1.165, 1.54) is 12.1 Å². The van der Waals surface area contributed by atoms with Crippen molar-refractivity contribution in [3.05, 3.63) is 35.4 Å². The molecular weight excluding hydrogens is 311 g/mol. The van der Waals surface area contributed by atoms with Gasteiger partial charge in [0.15, 0.2) is 0 Å². The van der Waals surface area contributed by atoms with Gasteiger partial charge in [-0.05, 0) is 31.0 Å². The van der Waals surface area contributed by atoms with Crippen LogP contribution in [0.5, 0.6) is 0 Å². The number of aliphatic hydroxyl groups excluding tert-OH is 1. The molecule has 0 atom stereocenters. The molecule has 2 rings (SSSR count). The average molecular weight is 331 g/mol. The minimum atomic E-state index is -4.48. The molecule has 128 valence electrons. The topological polar surface area (TPSA) is 58.6 Å². The summed E-state index contributed by atoms with van der Waals surface area (Å²) < 4.78 is 43.7. The Kier molecular flexibility index (Phi) is 5.64. The van der Waals surface area contributed by atoms with Gasteiger partial charge in [-0.25, -0.2) is 0 Å². The van der Waals surface area contributed by atoms with E-state index in [0.717, 1.165) is 37.8 Å². The number of rotatable bonds is 6. The molecule has 7 heteroatoms. The Morgan fingerprint density at radius 1 is 1.30 bits per heavy atom. The number of hydrogen-bond donors (Lipinski definition) is 2. The first-order valence-corrected chi connectivity index (χ1v) is 7.57. The molecule has 4 nitrogen and oxygen atoms in total. The van der Waals surface area contributed by atoms with Crippen LogP contribution in [0.25, 0.3) is 0 Å². The van der Waals surface area contributed by atoms with Gasteiger partial charge in [-0.1, -0.05) is 18.9 Å². The molecule has 0 saturated heterocycles. The molecular formula is C16H20F3NO3. The molecule has 0 aromatic heterocycles. The summed E-state index contributed by atoms with van der Waals surface area (Å²) in [6.07, 6.45) is -1.03. The van der Waals surface area contributed by atoms with Gasteiger partial charge >= 0.3 is 6.18 Å². The van der Waals surface area contributed by atoms with E-state index in [-0.39, 0.29) is 25.3 Å². The number of aliphatic hydroxyl groups is 1. The highest BCUT2D eigenvalue weighted by Crippen LogP contribution is 2.33. The standard InChI is InChI=1S/C16H20F3NO3/c17-16(18,19)13-5-3-4-12(10-13)14(22)20-11-15(23-9-8-21)6-1-2-7-15/h3-5,10,21H,1-2,6-9,11H2,(H,20,22). The number of hydrogen-bond acceptors (Lipinski definition) is 3. The van der Waals surface area contributed by atoms with Crippen molar-refractivity contribution in [1.82, 2.24) is 5.32 Å². The Labute approximate surface area is 132 Å². The highest BCUT2D eigenvalue weighted by molar-refractivity contribution is 5.94. The molecule has 1 aliphatic carbocycles. The highest BCUT2D eigenvalue weighted by atomic mass is 19.4. The van der Waals surface area contributed by atoms with Crippen LogP contribution in [0.4, 0.5) is 13.2 Å². The van der Waals surface area contributed by atoms with Gasteiger partial charge in [0.2, 0.25) is 0 Å². The minimum absolute atomic E-state index is 0.0323. The minimum Gasteiger partial charge on any atom is -0.394 e. The van der Waals surface area contributed by atoms with E-state index in [1.807, 2.05) is 0 Å². The summed E-state index contributed by atoms with van der Waals surface area (Å²) in [7, 11) is 0. The van der Waals surface area contributed by atoms with Gasteiger partial charge in [0.1, 0.15) is 0 Å². The van der Waals surface area contributed by atoms with Crippen molar-refractivity contribution in [2.45, 2.75) is 37.5 Å². The quantitative estimate of drug-likeness (QED) is 0.843. The summed E-state index contributed by atoms with van der Waals surface area (Å²) in [5.74, 6) is -0.560. The molecule has 1 aromatic carbocycles. The fourth-order valence-electron chi connectivity index (χ4n) is 2.83. The van der Waals surface area contributed by atoms with Gasteiger partial charge < -0.3 is 15.2 Å². The van der Waals surface area contributed by atoms with Crippen LogP contribution in [0.2, 0.25) is 0 Å². The van der Waals surface area contributed by atoms with Crippen molar-refractivity contribution in [2.75, 3.05) is 19.8 Å². The number of amides is 1. The van der Waals surface area contributed by atoms with Crippen molar-refractivity contribution in [1.29, 1.82) is 0 Å². The third-order valence-corrected chi connectivity index (χ3v) is 4.04. The average Bonchev–Trinajstić information content (AvgIpc) is 2.99. The van der Waals surface area contributed by atoms with Crippen LogP contribution in [0.15, 0.2) is 24.3 Å². The molecule has 23 heavy (non-hydrogen) atoms. The van der Waals surface area contributed by atoms with Gasteiger partial charge in [-0.2, -0.15) is 13.2 Å². The lowest BCUT2D eigenvalue weighted by atomic mass is 10.0. The molecule has 0 bridgehead atoms. The SMILES string of the molecule is O=C(NCC1(OCCO)CCCC1)c1cccc(C(F)(F)F)c1. The maximum atomic E-state index is 12.7. The third kappa shape index (κ3) is 4.68. The molecule has 1 amide bonds. The zero-order valence-electron chi connectivity index (χ0n) is 12.7. The van der Waals surface area contributed by atoms with Crippen molar-refractivity contribution in [2.24, 2.45) is 0 Å². The van der Waals surface area contributed by atoms with Crippen molar-refractivity contribution >= 4 is 5.91 Å². The molecule has 1 fully saturated rings. The molecule has 0 aliphatic heterocycles. The lowest BCUT2D eigenvalue weighted by Gasteiger charge is -2.29. The van der Waals surface area contributed by atoms with Crippen LogP contribution in [0, 0.1) is 0 Å². The largest absolute Gasteiger partial charge is 0.416 e. The van der Waals surface area contributed by atoms with E-state index >= 15 is 0 Å². The third-order valence-electron chi connectivity index (χ3n) is 4.04. The second-order valence-electron chi connectivity index (χ2n) is 5.72. The Hall–Kier alpha value is -1.60. The summed E-state index contributed by atoms with van der Waals surface area (Å²) >= 11 is 0. The summed E-state index contributed by atoms with van der Waals surface area (Å²) in [6, 6.07) is 4.33. The first kappa shape index (κ1) is 17.7. The molecule has 0 unspecified atom stereocenters. The number of benzene rings is 1. The number of ether oxygens (including phenoxy) is 1. The van der Waals surface area contributed by atoms with Crippen LogP contribution < -0.4 is 5.32 Å². The van der Waals surface area contributed by atoms with E-state index < -0.39 is 23.2 Å². The maximum absolute atomic E-state index is 12.7. The number of halogens is 3. The second kappa shape index (κ2) is 7.31. The van der Waals surface area contributed by atoms with Crippen molar-refractivity contribution in [3.63, 3.8) is 0 Å². The van der Waals surface area contributed by atoms with E-state index in [4.69, 9.17) is 9.84 Å². The monoisotopic (exact) mass is 331 g/mol. The predicted molar refractivity (Wildman–Crippen MR) is 78.0 cm³/mol. The molecule has 1 saturated carbocycles. The summed E-state index contributed by atoms with van der Waals surface area (Å²) in [6.45, 7) is 0.296. The number of carbonyl (C=O) groups is 1. The Morgan fingerprint density at radius 3 is 2.61 bits per heavy atom. The van der Waals surface area contributed by atoms with E-state index in [1.54, 1.807) is 0 Å². The van der Waals surface area contributed by atoms with Gasteiger partial charge in [-0.15, -0.1) is 0 Å². The van der Waals surface area contributed by atoms with E-state index in [0.29, 0.717) is 0 Å². The van der Waals surface area contributed by atoms with Gasteiger partial charge in [-0.3, -0.25) is 4.79 Å². The normalized spacial score (nSPS) is 17.2. The van der Waals surface area contributed by atoms with Gasteiger partial charge in [0.05, 0.1) is 24.4 Å². The molecule has 1 aromatic rings. The summed E-state index contributed by atoms with van der Waals surface area (Å²) in [5.41, 5.74) is -1.41. The van der Waals surface area contributed by atoms with Crippen LogP contribution in [0.1, 0.15) is 41.6 Å². The molecule has 0 heterocycles. The van der Waals surface area contributed by atoms with Crippen LogP contribution in [-0.4, -0.2) is 36.4 Å². The Balaban J connectivity index is 2.01. The fraction of sp³-hybridized carbons (Fsp3) is 0.562. The highest BCUT2D eigenvalue weighted by Gasteiger charge is 2.35. The van der Waals surface area contributed by atoms with E-state index in [2.05, 4.69) is 5.32 Å². The molecule has 0 radical (unpaired) electrons. The number of nitrogens with one attached hydrogen (secondary N) is 1. The second-order valence-corrected chi connectivity index (χ2v) is 5.72. The number of carbonyl (C=O) groups excluding carboxylic acids is 1. The van der Waals surface area contributed by atoms with Crippen molar-refractivity contribution < 1.29 is 27.8 Å². The zero-order chi connectivity index (χ0) is 16.9. The zero-order valence-corrected chi connectivity index (χ0v) is 12.7. The van der Waals surface area contributed by atoms with Crippen LogP contribution in [0.3, 0.4) is 0 Å². The van der Waals surface area contributed by atoms with Crippen LogP contribution >= 0.6 is 0 Å². The summed E-state index contributed by atoms with van der Waals surface area (Å²) in [4.78, 5) is 12.1. The predicted octanol–water partition coefficient (Wildman–Crippen LogP) is 2.76. The molecule has 2 N–H and O–H groups in total. The molecule has 1 aliphatic rings. The summed E-state index contributed by atoms with van der Waals surface area (Å²) in [5, 5.41) is 11.5. The van der Waals surface area contributed by atoms with Crippen molar-refractivity contribution in [3.8, 4) is 0 Å². The maximum Gasteiger partial charge on any atom is 0.416 e. The first-order valence-electron chi connectivity index (χ1n) is 7.57. The fourth-order valence-corrected chi connectivity index (χ4v) is 2.83. The number of alkyl halides is 3. The van der Waals surface area contributed by atoms with Gasteiger partial charge in [0, 0.05) is 12.1 Å². The Bertz CT molecular complexity index is 540. The Morgan fingerprint density at radius 2 is 2.00 bits per heavy atom. The lowest BCUT2D eigenvalue weighted by molar-refractivity contribution is -0.137. The lowest BCUT2D eigenvalue weighted by Crippen LogP contribution is -2.43. The van der Waals surface area contributed by atoms with Gasteiger partial charge in [0.25, 0.3) is 5.91 Å². The smallest absolute Gasteiger partial charge is 0.394 e. The van der Waals surface area contributed by atoms with E-state index in [9.17, 15) is 18.0 Å². The van der Waals surface area contributed by atoms with Crippen LogP contribution in [-0.2, 0) is 10.9 Å². The first-order chi connectivity index (χ1) is 10.9.